The maximum Gasteiger partial charge on any atom is 0.416 e. The van der Waals surface area contributed by atoms with Gasteiger partial charge in [0.2, 0.25) is 0 Å². The molecule has 0 aromatic carbocycles. The molecule has 180 valence electrons. The number of hydrogen-bond acceptors (Lipinski definition) is 3. The SMILES string of the molecule is C=CC=C(C)COCC1C(C(F)(F)F)=C(OCC(=C)C=CC)C(C)CC1C(=O)CC(C)C. The number of ketones is 1. The van der Waals surface area contributed by atoms with Gasteiger partial charge in [-0.25, -0.2) is 0 Å². The van der Waals surface area contributed by atoms with E-state index in [1.807, 2.05) is 20.8 Å². The van der Waals surface area contributed by atoms with E-state index in [9.17, 15) is 18.0 Å². The lowest BCUT2D eigenvalue weighted by molar-refractivity contribution is -0.133. The van der Waals surface area contributed by atoms with Gasteiger partial charge in [-0.1, -0.05) is 58.2 Å². The molecule has 0 saturated carbocycles. The second kappa shape index (κ2) is 12.8. The first kappa shape index (κ1) is 28.0. The molecule has 0 fully saturated rings. The Balaban J connectivity index is 3.36. The van der Waals surface area contributed by atoms with Gasteiger partial charge in [-0.2, -0.15) is 13.2 Å². The van der Waals surface area contributed by atoms with E-state index in [-0.39, 0.29) is 43.7 Å². The summed E-state index contributed by atoms with van der Waals surface area (Å²) in [5, 5.41) is 0. The summed E-state index contributed by atoms with van der Waals surface area (Å²) in [4.78, 5) is 13.0. The van der Waals surface area contributed by atoms with Crippen LogP contribution in [0.5, 0.6) is 0 Å². The number of ether oxygens (including phenoxy) is 2. The number of Topliss-reactive ketones (excluding diaryl/α,β-unsaturated/α-hetero) is 1. The number of hydrogen-bond donors (Lipinski definition) is 0. The monoisotopic (exact) mass is 454 g/mol. The standard InChI is InChI=1S/C26H37F3O3/c1-8-10-18(5)14-31-16-22-21(23(30)12-17(3)4)13-20(7)25(24(22)26(27,28)29)32-15-19(6)11-9-2/h8-11,17,20-22H,1,6,12-16H2,2-5,7H3. The van der Waals surface area contributed by atoms with Crippen LogP contribution in [0.4, 0.5) is 13.2 Å². The third kappa shape index (κ3) is 8.45. The average molecular weight is 455 g/mol. The highest BCUT2D eigenvalue weighted by atomic mass is 19.4. The molecular formula is C26H37F3O3. The molecule has 0 N–H and O–H groups in total. The van der Waals surface area contributed by atoms with Crippen LogP contribution in [0, 0.1) is 23.7 Å². The van der Waals surface area contributed by atoms with Crippen molar-refractivity contribution in [3.63, 3.8) is 0 Å². The van der Waals surface area contributed by atoms with Gasteiger partial charge in [0, 0.05) is 24.2 Å². The third-order valence-corrected chi connectivity index (χ3v) is 5.35. The molecule has 1 rings (SSSR count). The zero-order valence-electron chi connectivity index (χ0n) is 19.9. The highest BCUT2D eigenvalue weighted by Gasteiger charge is 2.50. The number of rotatable bonds is 12. The Morgan fingerprint density at radius 1 is 1.28 bits per heavy atom. The molecule has 3 atom stereocenters. The van der Waals surface area contributed by atoms with Crippen molar-refractivity contribution in [2.45, 2.75) is 53.6 Å². The summed E-state index contributed by atoms with van der Waals surface area (Å²) in [5.74, 6) is -2.61. The normalized spacial score (nSPS) is 22.5. The number of allylic oxidation sites excluding steroid dienone is 4. The number of carbonyl (C=O) groups excluding carboxylic acids is 1. The van der Waals surface area contributed by atoms with Crippen LogP contribution in [0.25, 0.3) is 0 Å². The summed E-state index contributed by atoms with van der Waals surface area (Å²) >= 11 is 0. The summed E-state index contributed by atoms with van der Waals surface area (Å²) in [6.07, 6.45) is 2.70. The van der Waals surface area contributed by atoms with E-state index in [4.69, 9.17) is 9.47 Å². The van der Waals surface area contributed by atoms with Crippen LogP contribution in [0.1, 0.15) is 47.5 Å². The Bertz CT molecular complexity index is 757. The second-order valence-electron chi connectivity index (χ2n) is 8.90. The van der Waals surface area contributed by atoms with E-state index in [1.165, 1.54) is 0 Å². The van der Waals surface area contributed by atoms with Crippen molar-refractivity contribution in [1.29, 1.82) is 0 Å². The molecule has 0 aromatic heterocycles. The fourth-order valence-corrected chi connectivity index (χ4v) is 4.03. The lowest BCUT2D eigenvalue weighted by Crippen LogP contribution is -2.41. The van der Waals surface area contributed by atoms with E-state index in [0.29, 0.717) is 12.0 Å². The molecule has 0 spiro atoms. The molecule has 3 unspecified atom stereocenters. The molecule has 0 aliphatic heterocycles. The molecule has 1 aliphatic carbocycles. The van der Waals surface area contributed by atoms with Gasteiger partial charge in [0.1, 0.15) is 18.1 Å². The average Bonchev–Trinajstić information content (AvgIpc) is 2.66. The Morgan fingerprint density at radius 3 is 2.47 bits per heavy atom. The van der Waals surface area contributed by atoms with Gasteiger partial charge < -0.3 is 9.47 Å². The molecular weight excluding hydrogens is 417 g/mol. The molecule has 1 aliphatic rings. The molecule has 3 nitrogen and oxygen atoms in total. The maximum atomic E-state index is 14.3. The minimum Gasteiger partial charge on any atom is -0.493 e. The molecule has 32 heavy (non-hydrogen) atoms. The summed E-state index contributed by atoms with van der Waals surface area (Å²) in [6, 6.07) is 0. The van der Waals surface area contributed by atoms with Crippen molar-refractivity contribution >= 4 is 5.78 Å². The van der Waals surface area contributed by atoms with Crippen LogP contribution in [0.15, 0.2) is 59.9 Å². The van der Waals surface area contributed by atoms with Crippen molar-refractivity contribution in [3.8, 4) is 0 Å². The fraction of sp³-hybridized carbons (Fsp3) is 0.577. The number of carbonyl (C=O) groups is 1. The molecule has 6 heteroatoms. The first-order valence-electron chi connectivity index (χ1n) is 11.0. The summed E-state index contributed by atoms with van der Waals surface area (Å²) < 4.78 is 54.3. The Hall–Kier alpha value is -2.08. The fourth-order valence-electron chi connectivity index (χ4n) is 4.03. The first-order valence-corrected chi connectivity index (χ1v) is 11.0. The van der Waals surface area contributed by atoms with Crippen molar-refractivity contribution in [2.24, 2.45) is 23.7 Å². The van der Waals surface area contributed by atoms with Gasteiger partial charge in [-0.05, 0) is 37.3 Å². The number of alkyl halides is 3. The highest BCUT2D eigenvalue weighted by molar-refractivity contribution is 5.82. The largest absolute Gasteiger partial charge is 0.493 e. The first-order chi connectivity index (χ1) is 14.9. The van der Waals surface area contributed by atoms with Crippen LogP contribution in [0.3, 0.4) is 0 Å². The Labute approximate surface area is 190 Å². The Morgan fingerprint density at radius 2 is 1.94 bits per heavy atom. The van der Waals surface area contributed by atoms with Gasteiger partial charge in [-0.3, -0.25) is 4.79 Å². The summed E-state index contributed by atoms with van der Waals surface area (Å²) in [6.45, 7) is 16.4. The predicted octanol–water partition coefficient (Wildman–Crippen LogP) is 6.99. The quantitative estimate of drug-likeness (QED) is 0.298. The smallest absolute Gasteiger partial charge is 0.416 e. The van der Waals surface area contributed by atoms with Crippen LogP contribution in [0.2, 0.25) is 0 Å². The van der Waals surface area contributed by atoms with Gasteiger partial charge in [0.15, 0.2) is 0 Å². The predicted molar refractivity (Wildman–Crippen MR) is 123 cm³/mol. The van der Waals surface area contributed by atoms with Crippen molar-refractivity contribution in [1.82, 2.24) is 0 Å². The van der Waals surface area contributed by atoms with Crippen LogP contribution >= 0.6 is 0 Å². The lowest BCUT2D eigenvalue weighted by Gasteiger charge is -2.38. The summed E-state index contributed by atoms with van der Waals surface area (Å²) in [7, 11) is 0. The maximum absolute atomic E-state index is 14.3. The molecule has 0 heterocycles. The molecule has 0 saturated heterocycles. The topological polar surface area (TPSA) is 35.5 Å². The van der Waals surface area contributed by atoms with E-state index < -0.39 is 29.5 Å². The second-order valence-corrected chi connectivity index (χ2v) is 8.90. The van der Waals surface area contributed by atoms with Gasteiger partial charge in [-0.15, -0.1) is 0 Å². The molecule has 0 bridgehead atoms. The molecule has 0 aromatic rings. The van der Waals surface area contributed by atoms with Crippen molar-refractivity contribution in [2.75, 3.05) is 19.8 Å². The van der Waals surface area contributed by atoms with Crippen molar-refractivity contribution in [3.05, 3.63) is 59.9 Å². The minimum absolute atomic E-state index is 0.0387. The Kier molecular flexibility index (Phi) is 11.2. The van der Waals surface area contributed by atoms with Crippen LogP contribution < -0.4 is 0 Å². The highest BCUT2D eigenvalue weighted by Crippen LogP contribution is 2.47. The van der Waals surface area contributed by atoms with Crippen molar-refractivity contribution < 1.29 is 27.4 Å². The van der Waals surface area contributed by atoms with Gasteiger partial charge >= 0.3 is 6.18 Å². The van der Waals surface area contributed by atoms with E-state index in [2.05, 4.69) is 13.2 Å². The van der Waals surface area contributed by atoms with Crippen LogP contribution in [-0.4, -0.2) is 31.8 Å². The zero-order chi connectivity index (χ0) is 24.5. The van der Waals surface area contributed by atoms with Gasteiger partial charge in [0.25, 0.3) is 0 Å². The zero-order valence-corrected chi connectivity index (χ0v) is 19.9. The third-order valence-electron chi connectivity index (χ3n) is 5.35. The van der Waals surface area contributed by atoms with Crippen LogP contribution in [-0.2, 0) is 14.3 Å². The molecule has 0 amide bonds. The molecule has 0 radical (unpaired) electrons. The summed E-state index contributed by atoms with van der Waals surface area (Å²) in [5.41, 5.74) is 0.632. The van der Waals surface area contributed by atoms with E-state index in [1.54, 1.807) is 38.2 Å². The minimum atomic E-state index is -4.64. The van der Waals surface area contributed by atoms with E-state index >= 15 is 0 Å². The van der Waals surface area contributed by atoms with Gasteiger partial charge in [0.05, 0.1) is 18.8 Å². The number of halogens is 3. The van der Waals surface area contributed by atoms with E-state index in [0.717, 1.165) is 5.57 Å². The lowest BCUT2D eigenvalue weighted by atomic mass is 9.70.